The molecule has 2 atom stereocenters. The number of aromatic nitrogens is 2. The smallest absolute Gasteiger partial charge is 0.170 e. The van der Waals surface area contributed by atoms with Gasteiger partial charge in [0.25, 0.3) is 0 Å². The summed E-state index contributed by atoms with van der Waals surface area (Å²) in [6.45, 7) is 1.49. The maximum absolute atomic E-state index is 5.73. The van der Waals surface area contributed by atoms with Gasteiger partial charge in [0, 0.05) is 50.1 Å². The monoisotopic (exact) mass is 422 g/mol. The van der Waals surface area contributed by atoms with Crippen LogP contribution in [0.15, 0.2) is 67.0 Å². The maximum atomic E-state index is 5.73. The highest BCUT2D eigenvalue weighted by Crippen LogP contribution is 2.39. The Bertz CT molecular complexity index is 992. The molecule has 1 aromatic carbocycles. The summed E-state index contributed by atoms with van der Waals surface area (Å²) in [7, 11) is 3.41. The Balaban J connectivity index is 1.76. The van der Waals surface area contributed by atoms with E-state index >= 15 is 0 Å². The molecule has 0 spiro atoms. The molecule has 0 saturated carbocycles. The Kier molecular flexibility index (Phi) is 6.30. The van der Waals surface area contributed by atoms with E-state index < -0.39 is 0 Å². The van der Waals surface area contributed by atoms with Crippen molar-refractivity contribution in [1.82, 2.24) is 19.8 Å². The van der Waals surface area contributed by atoms with Crippen molar-refractivity contribution in [2.45, 2.75) is 18.5 Å². The Morgan fingerprint density at radius 2 is 2.00 bits per heavy atom. The molecular weight excluding hydrogens is 396 g/mol. The van der Waals surface area contributed by atoms with E-state index in [-0.39, 0.29) is 12.1 Å². The predicted molar refractivity (Wildman–Crippen MR) is 121 cm³/mol. The molecule has 1 N–H and O–H groups in total. The van der Waals surface area contributed by atoms with Gasteiger partial charge in [0.05, 0.1) is 24.9 Å². The third-order valence-electron chi connectivity index (χ3n) is 5.36. The van der Waals surface area contributed by atoms with Crippen LogP contribution in [-0.4, -0.2) is 46.9 Å². The number of hydrogen-bond acceptors (Lipinski definition) is 4. The van der Waals surface area contributed by atoms with Crippen LogP contribution in [0, 0.1) is 0 Å². The van der Waals surface area contributed by atoms with E-state index in [9.17, 15) is 0 Å². The van der Waals surface area contributed by atoms with Gasteiger partial charge in [-0.05, 0) is 55.0 Å². The highest BCUT2D eigenvalue weighted by Gasteiger charge is 2.40. The van der Waals surface area contributed by atoms with Crippen LogP contribution in [0.4, 0.5) is 0 Å². The van der Waals surface area contributed by atoms with Crippen LogP contribution in [0.1, 0.15) is 29.9 Å². The number of benzene rings is 1. The SMILES string of the molecule is COCCCN1C(=S)N[C@@H](c2ccccn2)[C@H]1c1cccn1-c1cccc(OC)c1. The van der Waals surface area contributed by atoms with E-state index in [1.807, 2.05) is 42.6 Å². The second kappa shape index (κ2) is 9.28. The summed E-state index contributed by atoms with van der Waals surface area (Å²) in [5, 5.41) is 4.24. The molecule has 2 aromatic heterocycles. The van der Waals surface area contributed by atoms with Crippen molar-refractivity contribution < 1.29 is 9.47 Å². The average molecular weight is 423 g/mol. The molecule has 0 aliphatic carbocycles. The molecule has 156 valence electrons. The van der Waals surface area contributed by atoms with E-state index in [1.54, 1.807) is 14.2 Å². The lowest BCUT2D eigenvalue weighted by atomic mass is 10.0. The quantitative estimate of drug-likeness (QED) is 0.439. The minimum Gasteiger partial charge on any atom is -0.497 e. The summed E-state index contributed by atoms with van der Waals surface area (Å²) in [5.41, 5.74) is 3.16. The zero-order valence-electron chi connectivity index (χ0n) is 17.2. The zero-order chi connectivity index (χ0) is 20.9. The molecule has 6 nitrogen and oxygen atoms in total. The van der Waals surface area contributed by atoms with Crippen LogP contribution in [-0.2, 0) is 4.74 Å². The van der Waals surface area contributed by atoms with Gasteiger partial charge in [-0.3, -0.25) is 4.98 Å². The van der Waals surface area contributed by atoms with E-state index in [2.05, 4.69) is 44.2 Å². The van der Waals surface area contributed by atoms with Crippen molar-refractivity contribution in [2.24, 2.45) is 0 Å². The lowest BCUT2D eigenvalue weighted by molar-refractivity contribution is 0.180. The fourth-order valence-corrected chi connectivity index (χ4v) is 4.31. The summed E-state index contributed by atoms with van der Waals surface area (Å²) in [4.78, 5) is 6.86. The van der Waals surface area contributed by atoms with Gasteiger partial charge in [0.15, 0.2) is 5.11 Å². The lowest BCUT2D eigenvalue weighted by Gasteiger charge is -2.29. The topological polar surface area (TPSA) is 51.5 Å². The fraction of sp³-hybridized carbons (Fsp3) is 0.304. The molecule has 4 rings (SSSR count). The zero-order valence-corrected chi connectivity index (χ0v) is 18.0. The second-order valence-corrected chi connectivity index (χ2v) is 7.56. The highest BCUT2D eigenvalue weighted by atomic mass is 32.1. The number of nitrogens with one attached hydrogen (secondary N) is 1. The Hall–Kier alpha value is -2.90. The molecule has 1 aliphatic heterocycles. The first kappa shape index (κ1) is 20.4. The summed E-state index contributed by atoms with van der Waals surface area (Å²) in [6, 6.07) is 18.2. The molecule has 0 amide bonds. The number of nitrogens with zero attached hydrogens (tertiary/aromatic N) is 3. The molecule has 3 heterocycles. The van der Waals surface area contributed by atoms with Gasteiger partial charge in [-0.1, -0.05) is 12.1 Å². The van der Waals surface area contributed by atoms with Crippen LogP contribution in [0.3, 0.4) is 0 Å². The van der Waals surface area contributed by atoms with Crippen LogP contribution in [0.2, 0.25) is 0 Å². The second-order valence-electron chi connectivity index (χ2n) is 7.17. The van der Waals surface area contributed by atoms with Crippen molar-refractivity contribution in [3.05, 3.63) is 78.4 Å². The van der Waals surface area contributed by atoms with Gasteiger partial charge < -0.3 is 24.3 Å². The average Bonchev–Trinajstić information content (AvgIpc) is 3.39. The summed E-state index contributed by atoms with van der Waals surface area (Å²) >= 11 is 5.73. The van der Waals surface area contributed by atoms with Crippen LogP contribution in [0.25, 0.3) is 5.69 Å². The maximum Gasteiger partial charge on any atom is 0.170 e. The Labute approximate surface area is 182 Å². The molecular formula is C23H26N4O2S. The van der Waals surface area contributed by atoms with Crippen molar-refractivity contribution in [3.63, 3.8) is 0 Å². The fourth-order valence-electron chi connectivity index (χ4n) is 3.98. The third kappa shape index (κ3) is 4.04. The van der Waals surface area contributed by atoms with E-state index in [0.717, 1.165) is 40.9 Å². The first-order valence-electron chi connectivity index (χ1n) is 10.0. The molecule has 1 saturated heterocycles. The highest BCUT2D eigenvalue weighted by molar-refractivity contribution is 7.80. The van der Waals surface area contributed by atoms with Gasteiger partial charge >= 0.3 is 0 Å². The largest absolute Gasteiger partial charge is 0.497 e. The van der Waals surface area contributed by atoms with Gasteiger partial charge in [-0.25, -0.2) is 0 Å². The summed E-state index contributed by atoms with van der Waals surface area (Å²) in [6.07, 6.45) is 4.80. The molecule has 30 heavy (non-hydrogen) atoms. The number of ether oxygens (including phenoxy) is 2. The molecule has 1 fully saturated rings. The number of pyridine rings is 1. The van der Waals surface area contributed by atoms with E-state index in [1.165, 1.54) is 0 Å². The number of thiocarbonyl (C=S) groups is 1. The normalized spacial score (nSPS) is 18.5. The van der Waals surface area contributed by atoms with Crippen molar-refractivity contribution >= 4 is 17.3 Å². The van der Waals surface area contributed by atoms with Crippen LogP contribution >= 0.6 is 12.2 Å². The molecule has 7 heteroatoms. The van der Waals surface area contributed by atoms with Gasteiger partial charge in [-0.2, -0.15) is 0 Å². The minimum atomic E-state index is -0.0412. The molecule has 1 aliphatic rings. The number of methoxy groups -OCH3 is 2. The van der Waals surface area contributed by atoms with Crippen LogP contribution < -0.4 is 10.1 Å². The minimum absolute atomic E-state index is 0.00505. The lowest BCUT2D eigenvalue weighted by Crippen LogP contribution is -2.32. The molecule has 0 radical (unpaired) electrons. The number of hydrogen-bond donors (Lipinski definition) is 1. The summed E-state index contributed by atoms with van der Waals surface area (Å²) in [5.74, 6) is 0.824. The Morgan fingerprint density at radius 3 is 2.77 bits per heavy atom. The third-order valence-corrected chi connectivity index (χ3v) is 5.71. The molecule has 3 aromatic rings. The van der Waals surface area contributed by atoms with Gasteiger partial charge in [-0.15, -0.1) is 0 Å². The standard InChI is InChI=1S/C23H26N4O2S/c1-28-15-7-14-27-22(21(25-23(27)30)19-10-3-4-12-24-19)20-11-6-13-26(20)17-8-5-9-18(16-17)29-2/h3-6,8-13,16,21-22H,7,14-15H2,1-2H3,(H,25,30)/t21-,22+/m0/s1. The van der Waals surface area contributed by atoms with Crippen molar-refractivity contribution in [1.29, 1.82) is 0 Å². The molecule has 0 unspecified atom stereocenters. The summed E-state index contributed by atoms with van der Waals surface area (Å²) < 4.78 is 12.9. The van der Waals surface area contributed by atoms with Gasteiger partial charge in [0.1, 0.15) is 5.75 Å². The number of rotatable bonds is 8. The van der Waals surface area contributed by atoms with Crippen molar-refractivity contribution in [3.8, 4) is 11.4 Å². The Morgan fingerprint density at radius 1 is 1.10 bits per heavy atom. The van der Waals surface area contributed by atoms with Gasteiger partial charge in [0.2, 0.25) is 0 Å². The van der Waals surface area contributed by atoms with E-state index in [0.29, 0.717) is 6.61 Å². The first-order chi connectivity index (χ1) is 14.7. The van der Waals surface area contributed by atoms with Crippen molar-refractivity contribution in [2.75, 3.05) is 27.4 Å². The first-order valence-corrected chi connectivity index (χ1v) is 10.4. The van der Waals surface area contributed by atoms with E-state index in [4.69, 9.17) is 21.7 Å². The predicted octanol–water partition coefficient (Wildman–Crippen LogP) is 3.89. The van der Waals surface area contributed by atoms with Crippen LogP contribution in [0.5, 0.6) is 5.75 Å². The molecule has 0 bridgehead atoms.